The van der Waals surface area contributed by atoms with E-state index in [1.807, 2.05) is 13.8 Å². The van der Waals surface area contributed by atoms with Crippen LogP contribution in [0.2, 0.25) is 0 Å². The summed E-state index contributed by atoms with van der Waals surface area (Å²) in [7, 11) is 0. The molecule has 0 aromatic heterocycles. The minimum Gasteiger partial charge on any atom is -0.396 e. The molecule has 0 aliphatic rings. The molecule has 0 rings (SSSR count). The Kier molecular flexibility index (Phi) is 2.86. The summed E-state index contributed by atoms with van der Waals surface area (Å²) in [5.74, 6) is 0. The molecule has 3 N–H and O–H groups in total. The van der Waals surface area contributed by atoms with E-state index in [0.29, 0.717) is 6.54 Å². The van der Waals surface area contributed by atoms with Crippen LogP contribution in [-0.2, 0) is 0 Å². The van der Waals surface area contributed by atoms with E-state index in [2.05, 4.69) is 13.8 Å². The highest BCUT2D eigenvalue weighted by molar-refractivity contribution is 4.85. The molecule has 0 saturated carbocycles. The van der Waals surface area contributed by atoms with Gasteiger partial charge in [0.15, 0.2) is 0 Å². The molecule has 0 aromatic carbocycles. The monoisotopic (exact) mass is 145 g/mol. The van der Waals surface area contributed by atoms with Crippen molar-refractivity contribution in [2.45, 2.75) is 27.7 Å². The van der Waals surface area contributed by atoms with E-state index in [1.54, 1.807) is 0 Å². The number of nitrogens with two attached hydrogens (primary N) is 1. The number of rotatable bonds is 3. The van der Waals surface area contributed by atoms with Gasteiger partial charge in [0, 0.05) is 6.61 Å². The summed E-state index contributed by atoms with van der Waals surface area (Å²) in [6, 6.07) is 0. The first kappa shape index (κ1) is 9.92. The van der Waals surface area contributed by atoms with Gasteiger partial charge in [-0.05, 0) is 17.4 Å². The van der Waals surface area contributed by atoms with Crippen LogP contribution in [0.4, 0.5) is 0 Å². The fourth-order valence-corrected chi connectivity index (χ4v) is 0.490. The van der Waals surface area contributed by atoms with Gasteiger partial charge in [-0.2, -0.15) is 0 Å². The highest BCUT2D eigenvalue weighted by Gasteiger charge is 2.34. The second kappa shape index (κ2) is 2.89. The lowest BCUT2D eigenvalue weighted by molar-refractivity contribution is 0.0431. The minimum absolute atomic E-state index is 0.0156. The van der Waals surface area contributed by atoms with E-state index in [-0.39, 0.29) is 17.4 Å². The highest BCUT2D eigenvalue weighted by atomic mass is 16.3. The molecular formula is C8H19NO. The van der Waals surface area contributed by atoms with Crippen molar-refractivity contribution in [1.82, 2.24) is 0 Å². The Hall–Kier alpha value is -0.0800. The molecule has 2 heteroatoms. The number of hydrogen-bond donors (Lipinski definition) is 2. The number of aliphatic hydroxyl groups is 1. The van der Waals surface area contributed by atoms with Crippen LogP contribution in [0.1, 0.15) is 27.7 Å². The third kappa shape index (κ3) is 1.70. The third-order valence-electron chi connectivity index (χ3n) is 2.74. The summed E-state index contributed by atoms with van der Waals surface area (Å²) < 4.78 is 0. The van der Waals surface area contributed by atoms with Crippen molar-refractivity contribution < 1.29 is 5.11 Å². The Morgan fingerprint density at radius 3 is 1.60 bits per heavy atom. The summed E-state index contributed by atoms with van der Waals surface area (Å²) in [4.78, 5) is 0. The van der Waals surface area contributed by atoms with Crippen LogP contribution in [0.5, 0.6) is 0 Å². The van der Waals surface area contributed by atoms with Crippen LogP contribution in [0.3, 0.4) is 0 Å². The van der Waals surface area contributed by atoms with Crippen LogP contribution in [0.15, 0.2) is 0 Å². The van der Waals surface area contributed by atoms with Crippen molar-refractivity contribution in [3.63, 3.8) is 0 Å². The molecule has 0 fully saturated rings. The average molecular weight is 145 g/mol. The van der Waals surface area contributed by atoms with Gasteiger partial charge >= 0.3 is 0 Å². The van der Waals surface area contributed by atoms with Gasteiger partial charge in [-0.3, -0.25) is 0 Å². The third-order valence-corrected chi connectivity index (χ3v) is 2.74. The summed E-state index contributed by atoms with van der Waals surface area (Å²) in [6.45, 7) is 9.00. The van der Waals surface area contributed by atoms with Crippen LogP contribution < -0.4 is 5.73 Å². The zero-order valence-corrected chi connectivity index (χ0v) is 7.44. The Morgan fingerprint density at radius 1 is 1.10 bits per heavy atom. The van der Waals surface area contributed by atoms with Crippen LogP contribution in [0, 0.1) is 10.8 Å². The Bertz CT molecular complexity index is 93.8. The lowest BCUT2D eigenvalue weighted by Gasteiger charge is -2.39. The largest absolute Gasteiger partial charge is 0.396 e. The van der Waals surface area contributed by atoms with E-state index in [4.69, 9.17) is 10.8 Å². The predicted octanol–water partition coefficient (Wildman–Crippen LogP) is 0.990. The van der Waals surface area contributed by atoms with Gasteiger partial charge in [0.05, 0.1) is 0 Å². The average Bonchev–Trinajstić information content (AvgIpc) is 1.88. The van der Waals surface area contributed by atoms with Gasteiger partial charge in [-0.15, -0.1) is 0 Å². The van der Waals surface area contributed by atoms with E-state index in [9.17, 15) is 0 Å². The molecule has 0 amide bonds. The molecule has 10 heavy (non-hydrogen) atoms. The molecule has 0 aliphatic heterocycles. The first-order chi connectivity index (χ1) is 4.37. The predicted molar refractivity (Wildman–Crippen MR) is 43.7 cm³/mol. The van der Waals surface area contributed by atoms with Crippen molar-refractivity contribution in [2.75, 3.05) is 13.2 Å². The fraction of sp³-hybridized carbons (Fsp3) is 1.00. The van der Waals surface area contributed by atoms with Crippen molar-refractivity contribution in [2.24, 2.45) is 16.6 Å². The fourth-order valence-electron chi connectivity index (χ4n) is 0.490. The zero-order valence-electron chi connectivity index (χ0n) is 7.44. The lowest BCUT2D eigenvalue weighted by atomic mass is 9.68. The minimum atomic E-state index is -0.0816. The molecule has 2 nitrogen and oxygen atoms in total. The van der Waals surface area contributed by atoms with E-state index in [1.165, 1.54) is 0 Å². The van der Waals surface area contributed by atoms with Crippen LogP contribution >= 0.6 is 0 Å². The summed E-state index contributed by atoms with van der Waals surface area (Å²) in [6.07, 6.45) is 0. The molecule has 0 atom stereocenters. The van der Waals surface area contributed by atoms with Crippen molar-refractivity contribution in [1.29, 1.82) is 0 Å². The molecule has 0 saturated heterocycles. The second-order valence-corrected chi connectivity index (χ2v) is 4.13. The molecule has 0 bridgehead atoms. The molecule has 0 aromatic rings. The Balaban J connectivity index is 4.28. The van der Waals surface area contributed by atoms with Gasteiger partial charge in [0.2, 0.25) is 0 Å². The molecular weight excluding hydrogens is 126 g/mol. The Morgan fingerprint density at radius 2 is 1.50 bits per heavy atom. The van der Waals surface area contributed by atoms with Gasteiger partial charge < -0.3 is 10.8 Å². The van der Waals surface area contributed by atoms with Gasteiger partial charge in [0.1, 0.15) is 0 Å². The standard InChI is InChI=1S/C8H19NO/c1-7(2,5-9)8(3,4)6-10/h10H,5-6,9H2,1-4H3. The van der Waals surface area contributed by atoms with E-state index >= 15 is 0 Å². The van der Waals surface area contributed by atoms with Gasteiger partial charge in [-0.25, -0.2) is 0 Å². The summed E-state index contributed by atoms with van der Waals surface area (Å²) in [5.41, 5.74) is 5.49. The normalized spacial score (nSPS) is 13.8. The molecule has 0 spiro atoms. The maximum atomic E-state index is 9.01. The summed E-state index contributed by atoms with van der Waals surface area (Å²) in [5, 5.41) is 9.01. The SMILES string of the molecule is CC(C)(CN)C(C)(C)CO. The van der Waals surface area contributed by atoms with Gasteiger partial charge in [-0.1, -0.05) is 27.7 Å². The van der Waals surface area contributed by atoms with Gasteiger partial charge in [0.25, 0.3) is 0 Å². The second-order valence-electron chi connectivity index (χ2n) is 4.13. The summed E-state index contributed by atoms with van der Waals surface area (Å²) >= 11 is 0. The quantitative estimate of drug-likeness (QED) is 0.622. The topological polar surface area (TPSA) is 46.2 Å². The molecule has 0 unspecified atom stereocenters. The van der Waals surface area contributed by atoms with E-state index in [0.717, 1.165) is 0 Å². The first-order valence-electron chi connectivity index (χ1n) is 3.68. The maximum absolute atomic E-state index is 9.01. The van der Waals surface area contributed by atoms with Crippen molar-refractivity contribution >= 4 is 0 Å². The highest BCUT2D eigenvalue weighted by Crippen LogP contribution is 2.36. The smallest absolute Gasteiger partial charge is 0.0487 e. The molecule has 0 heterocycles. The molecule has 0 aliphatic carbocycles. The van der Waals surface area contributed by atoms with E-state index < -0.39 is 0 Å². The van der Waals surface area contributed by atoms with Crippen molar-refractivity contribution in [3.05, 3.63) is 0 Å². The van der Waals surface area contributed by atoms with Crippen LogP contribution in [0.25, 0.3) is 0 Å². The van der Waals surface area contributed by atoms with Crippen molar-refractivity contribution in [3.8, 4) is 0 Å². The maximum Gasteiger partial charge on any atom is 0.0487 e. The van der Waals surface area contributed by atoms with Crippen LogP contribution in [-0.4, -0.2) is 18.3 Å². The Labute approximate surface area is 63.4 Å². The first-order valence-corrected chi connectivity index (χ1v) is 3.68. The lowest BCUT2D eigenvalue weighted by Crippen LogP contribution is -2.41. The number of aliphatic hydroxyl groups excluding tert-OH is 1. The molecule has 62 valence electrons. The zero-order chi connectivity index (χ0) is 8.41. The molecule has 0 radical (unpaired) electrons. The number of hydrogen-bond acceptors (Lipinski definition) is 2.